The number of ether oxygens (including phenoxy) is 1. The fourth-order valence-corrected chi connectivity index (χ4v) is 6.09. The molecular weight excluding hydrogens is 653 g/mol. The Morgan fingerprint density at radius 1 is 0.640 bits per heavy atom. The predicted octanol–water partition coefficient (Wildman–Crippen LogP) is 10.6. The number of nitrogens with one attached hydrogen (secondary N) is 1. The van der Waals surface area contributed by atoms with Crippen molar-refractivity contribution in [2.75, 3.05) is 26.4 Å². The second kappa shape index (κ2) is 37.0. The Morgan fingerprint density at radius 2 is 1.14 bits per heavy atom. The largest absolute Gasteiger partial charge is 0.472 e. The molecule has 0 fully saturated rings. The van der Waals surface area contributed by atoms with Gasteiger partial charge in [-0.3, -0.25) is 18.6 Å². The van der Waals surface area contributed by atoms with Crippen LogP contribution in [0, 0.1) is 0 Å². The van der Waals surface area contributed by atoms with Crippen LogP contribution in [0.5, 0.6) is 0 Å². The highest BCUT2D eigenvalue weighted by molar-refractivity contribution is 7.47. The summed E-state index contributed by atoms with van der Waals surface area (Å²) < 4.78 is 26.8. The summed E-state index contributed by atoms with van der Waals surface area (Å²) in [4.78, 5) is 33.8. The molecule has 0 radical (unpaired) electrons. The lowest BCUT2D eigenvalue weighted by atomic mass is 10.0. The van der Waals surface area contributed by atoms with E-state index in [9.17, 15) is 24.2 Å². The fourth-order valence-electron chi connectivity index (χ4n) is 5.34. The first-order valence-electron chi connectivity index (χ1n) is 20.0. The van der Waals surface area contributed by atoms with Crippen molar-refractivity contribution in [3.63, 3.8) is 0 Å². The van der Waals surface area contributed by atoms with E-state index in [0.717, 1.165) is 70.6 Å². The van der Waals surface area contributed by atoms with E-state index in [0.29, 0.717) is 12.8 Å². The van der Waals surface area contributed by atoms with E-state index in [2.05, 4.69) is 55.6 Å². The summed E-state index contributed by atoms with van der Waals surface area (Å²) >= 11 is 0. The summed E-state index contributed by atoms with van der Waals surface area (Å²) in [6.45, 7) is 3.42. The monoisotopic (exact) mass is 728 g/mol. The SMILES string of the molecule is CC/C=C\C/C=C\C/C=C\CCCCCCCC(=O)OCC(O)COP(=O)(O)OCCNC(=O)CCCCCCCCCCCCCCCC. The van der Waals surface area contributed by atoms with Crippen LogP contribution in [-0.2, 0) is 27.9 Å². The maximum Gasteiger partial charge on any atom is 0.472 e. The molecule has 0 rings (SSSR count). The number of carbonyl (C=O) groups excluding carboxylic acids is 2. The maximum absolute atomic E-state index is 12.1. The van der Waals surface area contributed by atoms with Gasteiger partial charge in [0.05, 0.1) is 13.2 Å². The second-order valence-electron chi connectivity index (χ2n) is 13.2. The highest BCUT2D eigenvalue weighted by atomic mass is 31.2. The summed E-state index contributed by atoms with van der Waals surface area (Å²) in [7, 11) is -4.41. The Bertz CT molecular complexity index is 923. The molecule has 0 aromatic heterocycles. The van der Waals surface area contributed by atoms with Gasteiger partial charge in [-0.05, 0) is 44.9 Å². The molecule has 3 N–H and O–H groups in total. The molecule has 1 amide bonds. The van der Waals surface area contributed by atoms with Crippen LogP contribution in [0.4, 0.5) is 0 Å². The molecule has 0 aliphatic heterocycles. The van der Waals surface area contributed by atoms with Gasteiger partial charge in [-0.25, -0.2) is 4.57 Å². The van der Waals surface area contributed by atoms with Gasteiger partial charge in [-0.1, -0.05) is 153 Å². The number of aliphatic hydroxyl groups is 1. The number of unbranched alkanes of at least 4 members (excludes halogenated alkanes) is 18. The first kappa shape index (κ1) is 48.2. The Balaban J connectivity index is 3.63. The number of amides is 1. The van der Waals surface area contributed by atoms with E-state index in [1.54, 1.807) is 0 Å². The number of aliphatic hydroxyl groups excluding tert-OH is 1. The number of hydrogen-bond acceptors (Lipinski definition) is 7. The quantitative estimate of drug-likeness (QED) is 0.0249. The molecule has 0 aromatic rings. The van der Waals surface area contributed by atoms with Gasteiger partial charge >= 0.3 is 13.8 Å². The highest BCUT2D eigenvalue weighted by Crippen LogP contribution is 2.42. The van der Waals surface area contributed by atoms with Crippen molar-refractivity contribution in [1.29, 1.82) is 0 Å². The van der Waals surface area contributed by atoms with E-state index in [4.69, 9.17) is 13.8 Å². The molecule has 0 heterocycles. The summed E-state index contributed by atoms with van der Waals surface area (Å²) in [5.74, 6) is -0.532. The van der Waals surface area contributed by atoms with E-state index >= 15 is 0 Å². The minimum Gasteiger partial charge on any atom is -0.463 e. The molecule has 0 spiro atoms. The van der Waals surface area contributed by atoms with E-state index in [1.807, 2.05) is 0 Å². The van der Waals surface area contributed by atoms with Crippen molar-refractivity contribution in [1.82, 2.24) is 5.32 Å². The molecule has 0 saturated carbocycles. The molecule has 50 heavy (non-hydrogen) atoms. The fraction of sp³-hybridized carbons (Fsp3) is 0.800. The van der Waals surface area contributed by atoms with Crippen molar-refractivity contribution in [3.05, 3.63) is 36.5 Å². The van der Waals surface area contributed by atoms with Crippen LogP contribution in [0.25, 0.3) is 0 Å². The van der Waals surface area contributed by atoms with Gasteiger partial charge in [-0.2, -0.15) is 0 Å². The van der Waals surface area contributed by atoms with Gasteiger partial charge in [0.1, 0.15) is 12.7 Å². The molecule has 0 aromatic carbocycles. The van der Waals surface area contributed by atoms with Crippen molar-refractivity contribution < 1.29 is 37.9 Å². The van der Waals surface area contributed by atoms with Crippen molar-refractivity contribution in [2.24, 2.45) is 0 Å². The first-order chi connectivity index (χ1) is 24.3. The molecule has 0 bridgehead atoms. The lowest BCUT2D eigenvalue weighted by Crippen LogP contribution is -2.27. The van der Waals surface area contributed by atoms with Crippen LogP contribution in [-0.4, -0.2) is 54.3 Å². The predicted molar refractivity (Wildman–Crippen MR) is 206 cm³/mol. The Kier molecular flexibility index (Phi) is 35.7. The highest BCUT2D eigenvalue weighted by Gasteiger charge is 2.23. The summed E-state index contributed by atoms with van der Waals surface area (Å²) in [6.07, 6.45) is 39.3. The van der Waals surface area contributed by atoms with Crippen LogP contribution in [0.15, 0.2) is 36.5 Å². The molecule has 10 heteroatoms. The van der Waals surface area contributed by atoms with Crippen molar-refractivity contribution >= 4 is 19.7 Å². The van der Waals surface area contributed by atoms with E-state index < -0.39 is 26.5 Å². The number of phosphoric ester groups is 1. The molecular formula is C40H74NO8P. The average molecular weight is 728 g/mol. The standard InChI is InChI=1S/C40H74NO8P/c1-3-5-7-9-11-13-15-17-19-21-23-25-27-29-31-33-40(44)47-36-38(42)37-49-50(45,46)48-35-34-41-39(43)32-30-28-26-24-22-20-18-16-14-12-10-8-6-4-2/h5,7,11,13,17,19,38,42H,3-4,6,8-10,12,14-16,18,20-37H2,1-2H3,(H,41,43)(H,45,46)/b7-5-,13-11-,19-17-. The topological polar surface area (TPSA) is 131 Å². The zero-order valence-corrected chi connectivity index (χ0v) is 32.7. The van der Waals surface area contributed by atoms with Crippen LogP contribution >= 0.6 is 7.82 Å². The normalized spacial score (nSPS) is 13.8. The van der Waals surface area contributed by atoms with E-state index in [1.165, 1.54) is 70.6 Å². The molecule has 2 unspecified atom stereocenters. The Hall–Kier alpha value is -1.77. The molecule has 292 valence electrons. The van der Waals surface area contributed by atoms with Crippen LogP contribution in [0.1, 0.15) is 174 Å². The molecule has 0 aliphatic rings. The Labute approximate surface area is 305 Å². The van der Waals surface area contributed by atoms with Crippen LogP contribution < -0.4 is 5.32 Å². The number of hydrogen-bond donors (Lipinski definition) is 3. The number of phosphoric acid groups is 1. The first-order valence-corrected chi connectivity index (χ1v) is 21.5. The van der Waals surface area contributed by atoms with E-state index in [-0.39, 0.29) is 32.1 Å². The van der Waals surface area contributed by atoms with Gasteiger partial charge in [0.2, 0.25) is 5.91 Å². The molecule has 9 nitrogen and oxygen atoms in total. The van der Waals surface area contributed by atoms with Gasteiger partial charge in [0, 0.05) is 19.4 Å². The summed E-state index contributed by atoms with van der Waals surface area (Å²) in [5.41, 5.74) is 0. The molecule has 0 saturated heterocycles. The van der Waals surface area contributed by atoms with Crippen molar-refractivity contribution in [3.8, 4) is 0 Å². The van der Waals surface area contributed by atoms with Gasteiger partial charge < -0.3 is 20.1 Å². The lowest BCUT2D eigenvalue weighted by Gasteiger charge is -2.15. The van der Waals surface area contributed by atoms with Gasteiger partial charge in [-0.15, -0.1) is 0 Å². The summed E-state index contributed by atoms with van der Waals surface area (Å²) in [5, 5.41) is 12.7. The number of esters is 1. The third kappa shape index (κ3) is 37.5. The van der Waals surface area contributed by atoms with Crippen LogP contribution in [0.3, 0.4) is 0 Å². The minimum absolute atomic E-state index is 0.0814. The molecule has 0 aliphatic carbocycles. The third-order valence-electron chi connectivity index (χ3n) is 8.33. The zero-order valence-electron chi connectivity index (χ0n) is 31.8. The minimum atomic E-state index is -4.41. The average Bonchev–Trinajstić information content (AvgIpc) is 3.10. The summed E-state index contributed by atoms with van der Waals surface area (Å²) in [6, 6.07) is 0. The lowest BCUT2D eigenvalue weighted by molar-refractivity contribution is -0.147. The van der Waals surface area contributed by atoms with Gasteiger partial charge in [0.25, 0.3) is 0 Å². The number of carbonyl (C=O) groups is 2. The second-order valence-corrected chi connectivity index (χ2v) is 14.7. The smallest absolute Gasteiger partial charge is 0.463 e. The zero-order chi connectivity index (χ0) is 36.8. The maximum atomic E-state index is 12.1. The number of allylic oxidation sites excluding steroid dienone is 6. The van der Waals surface area contributed by atoms with Gasteiger partial charge in [0.15, 0.2) is 0 Å². The van der Waals surface area contributed by atoms with Crippen molar-refractivity contribution in [2.45, 2.75) is 180 Å². The third-order valence-corrected chi connectivity index (χ3v) is 9.32. The molecule has 2 atom stereocenters. The van der Waals surface area contributed by atoms with Crippen LogP contribution in [0.2, 0.25) is 0 Å². The Morgan fingerprint density at radius 3 is 1.72 bits per heavy atom. The number of rotatable bonds is 37.